The molecule has 118 valence electrons. The monoisotopic (exact) mass is 348 g/mol. The van der Waals surface area contributed by atoms with Gasteiger partial charge in [0.25, 0.3) is 0 Å². The lowest BCUT2D eigenvalue weighted by molar-refractivity contribution is -0.124. The van der Waals surface area contributed by atoms with Gasteiger partial charge in [-0.25, -0.2) is 0 Å². The molecule has 6 heteroatoms. The summed E-state index contributed by atoms with van der Waals surface area (Å²) in [5, 5.41) is 3.42. The van der Waals surface area contributed by atoms with Gasteiger partial charge in [0.2, 0.25) is 11.8 Å². The number of carbonyl (C=O) groups excluding carboxylic acids is 2. The smallest absolute Gasteiger partial charge is 0.232 e. The number of nitrogens with one attached hydrogen (secondary N) is 1. The third-order valence-electron chi connectivity index (χ3n) is 3.95. The number of fused-ring (bicyclic) bond motifs is 1. The van der Waals surface area contributed by atoms with Crippen LogP contribution in [0.4, 0.5) is 11.4 Å². The summed E-state index contributed by atoms with van der Waals surface area (Å²) in [6, 6.07) is 12.4. The van der Waals surface area contributed by atoms with Crippen molar-refractivity contribution in [2.75, 3.05) is 17.3 Å². The number of hydrogen-bond acceptors (Lipinski definition) is 2. The van der Waals surface area contributed by atoms with Crippen LogP contribution in [0.3, 0.4) is 0 Å². The molecule has 2 aromatic rings. The Labute approximate surface area is 144 Å². The first-order chi connectivity index (χ1) is 11.0. The number of benzene rings is 2. The molecule has 0 saturated carbocycles. The van der Waals surface area contributed by atoms with E-state index >= 15 is 0 Å². The molecule has 2 amide bonds. The molecule has 4 nitrogen and oxygen atoms in total. The van der Waals surface area contributed by atoms with Crippen molar-refractivity contribution in [1.29, 1.82) is 0 Å². The van der Waals surface area contributed by atoms with Gasteiger partial charge in [0.05, 0.1) is 21.7 Å². The Morgan fingerprint density at radius 2 is 1.91 bits per heavy atom. The van der Waals surface area contributed by atoms with E-state index in [1.54, 1.807) is 30.1 Å². The molecule has 1 unspecified atom stereocenters. The molecule has 1 heterocycles. The molecular formula is C17H14Cl2N2O2. The molecule has 0 fully saturated rings. The fourth-order valence-electron chi connectivity index (χ4n) is 2.70. The molecule has 23 heavy (non-hydrogen) atoms. The molecule has 1 aliphatic heterocycles. The van der Waals surface area contributed by atoms with Crippen LogP contribution in [0.15, 0.2) is 42.5 Å². The first-order valence-corrected chi connectivity index (χ1v) is 7.85. The molecule has 0 radical (unpaired) electrons. The lowest BCUT2D eigenvalue weighted by Gasteiger charge is -2.30. The van der Waals surface area contributed by atoms with Gasteiger partial charge in [-0.2, -0.15) is 0 Å². The predicted octanol–water partition coefficient (Wildman–Crippen LogP) is 4.08. The summed E-state index contributed by atoms with van der Waals surface area (Å²) in [6.45, 7) is 0. The van der Waals surface area contributed by atoms with E-state index < -0.39 is 5.92 Å². The summed E-state index contributed by atoms with van der Waals surface area (Å²) >= 11 is 12.1. The third kappa shape index (κ3) is 2.92. The lowest BCUT2D eigenvalue weighted by Crippen LogP contribution is -2.37. The summed E-state index contributed by atoms with van der Waals surface area (Å²) in [5.41, 5.74) is 2.01. The predicted molar refractivity (Wildman–Crippen MR) is 92.3 cm³/mol. The van der Waals surface area contributed by atoms with Gasteiger partial charge in [-0.05, 0) is 23.8 Å². The second-order valence-electron chi connectivity index (χ2n) is 5.36. The normalized spacial score (nSPS) is 16.9. The lowest BCUT2D eigenvalue weighted by atomic mass is 9.89. The van der Waals surface area contributed by atoms with Crippen LogP contribution in [0, 0.1) is 0 Å². The van der Waals surface area contributed by atoms with Gasteiger partial charge >= 0.3 is 0 Å². The number of hydrogen-bond donors (Lipinski definition) is 1. The van der Waals surface area contributed by atoms with Crippen LogP contribution in [-0.2, 0) is 9.59 Å². The summed E-state index contributed by atoms with van der Waals surface area (Å²) in [4.78, 5) is 26.4. The van der Waals surface area contributed by atoms with Gasteiger partial charge in [0, 0.05) is 19.2 Å². The number of para-hydroxylation sites is 1. The maximum atomic E-state index is 12.7. The van der Waals surface area contributed by atoms with Crippen LogP contribution in [0.5, 0.6) is 0 Å². The summed E-state index contributed by atoms with van der Waals surface area (Å²) in [7, 11) is 1.71. The SMILES string of the molecule is CN1C(=O)CC(C(=O)Nc2cccc(Cl)c2Cl)c2ccccc21. The number of halogens is 2. The Kier molecular flexibility index (Phi) is 4.28. The van der Waals surface area contributed by atoms with Crippen molar-refractivity contribution < 1.29 is 9.59 Å². The zero-order chi connectivity index (χ0) is 16.6. The fraction of sp³-hybridized carbons (Fsp3) is 0.176. The maximum Gasteiger partial charge on any atom is 0.232 e. The van der Waals surface area contributed by atoms with E-state index in [9.17, 15) is 9.59 Å². The van der Waals surface area contributed by atoms with Gasteiger partial charge in [-0.3, -0.25) is 9.59 Å². The van der Waals surface area contributed by atoms with E-state index in [0.717, 1.165) is 11.3 Å². The van der Waals surface area contributed by atoms with E-state index in [0.29, 0.717) is 10.7 Å². The van der Waals surface area contributed by atoms with Crippen molar-refractivity contribution in [1.82, 2.24) is 0 Å². The highest BCUT2D eigenvalue weighted by Gasteiger charge is 2.33. The van der Waals surface area contributed by atoms with Gasteiger partial charge in [0.1, 0.15) is 0 Å². The average Bonchev–Trinajstić information content (AvgIpc) is 2.55. The highest BCUT2D eigenvalue weighted by molar-refractivity contribution is 6.44. The first kappa shape index (κ1) is 15.8. The quantitative estimate of drug-likeness (QED) is 0.888. The molecule has 1 atom stereocenters. The Bertz CT molecular complexity index is 792. The largest absolute Gasteiger partial charge is 0.324 e. The summed E-state index contributed by atoms with van der Waals surface area (Å²) in [5.74, 6) is -0.922. The standard InChI is InChI=1S/C17H14Cl2N2O2/c1-21-14-8-3-2-5-10(14)11(9-15(21)22)17(23)20-13-7-4-6-12(18)16(13)19/h2-8,11H,9H2,1H3,(H,20,23). The molecule has 0 aromatic heterocycles. The number of amides is 2. The van der Waals surface area contributed by atoms with E-state index in [1.807, 2.05) is 24.3 Å². The van der Waals surface area contributed by atoms with Crippen LogP contribution in [-0.4, -0.2) is 18.9 Å². The van der Waals surface area contributed by atoms with Gasteiger partial charge in [-0.1, -0.05) is 47.5 Å². The molecular weight excluding hydrogens is 335 g/mol. The van der Waals surface area contributed by atoms with Crippen LogP contribution >= 0.6 is 23.2 Å². The zero-order valence-electron chi connectivity index (χ0n) is 12.3. The van der Waals surface area contributed by atoms with Crippen molar-refractivity contribution >= 4 is 46.4 Å². The summed E-state index contributed by atoms with van der Waals surface area (Å²) < 4.78 is 0. The van der Waals surface area contributed by atoms with Crippen molar-refractivity contribution in [2.24, 2.45) is 0 Å². The second kappa shape index (κ2) is 6.22. The van der Waals surface area contributed by atoms with Crippen LogP contribution in [0.1, 0.15) is 17.9 Å². The van der Waals surface area contributed by atoms with Crippen LogP contribution in [0.25, 0.3) is 0 Å². The Balaban J connectivity index is 1.92. The molecule has 0 aliphatic carbocycles. The molecule has 3 rings (SSSR count). The Morgan fingerprint density at radius 3 is 2.70 bits per heavy atom. The topological polar surface area (TPSA) is 49.4 Å². The van der Waals surface area contributed by atoms with Crippen molar-refractivity contribution in [2.45, 2.75) is 12.3 Å². The minimum Gasteiger partial charge on any atom is -0.324 e. The highest BCUT2D eigenvalue weighted by atomic mass is 35.5. The minimum atomic E-state index is -0.551. The molecule has 2 aromatic carbocycles. The highest BCUT2D eigenvalue weighted by Crippen LogP contribution is 2.37. The number of anilines is 2. The molecule has 1 aliphatic rings. The Hall–Kier alpha value is -2.04. The Morgan fingerprint density at radius 1 is 1.17 bits per heavy atom. The van der Waals surface area contributed by atoms with Crippen LogP contribution in [0.2, 0.25) is 10.0 Å². The molecule has 0 spiro atoms. The van der Waals surface area contributed by atoms with E-state index in [-0.39, 0.29) is 23.3 Å². The first-order valence-electron chi connectivity index (χ1n) is 7.09. The maximum absolute atomic E-state index is 12.7. The molecule has 0 saturated heterocycles. The van der Waals surface area contributed by atoms with Gasteiger partial charge < -0.3 is 10.2 Å². The molecule has 0 bridgehead atoms. The van der Waals surface area contributed by atoms with Crippen molar-refractivity contribution in [3.05, 3.63) is 58.1 Å². The van der Waals surface area contributed by atoms with Gasteiger partial charge in [-0.15, -0.1) is 0 Å². The third-order valence-corrected chi connectivity index (χ3v) is 4.77. The zero-order valence-corrected chi connectivity index (χ0v) is 13.9. The van der Waals surface area contributed by atoms with E-state index in [1.165, 1.54) is 0 Å². The van der Waals surface area contributed by atoms with Crippen LogP contribution < -0.4 is 10.2 Å². The van der Waals surface area contributed by atoms with Crippen molar-refractivity contribution in [3.63, 3.8) is 0 Å². The van der Waals surface area contributed by atoms with E-state index in [2.05, 4.69) is 5.32 Å². The number of nitrogens with zero attached hydrogens (tertiary/aromatic N) is 1. The minimum absolute atomic E-state index is 0.0963. The fourth-order valence-corrected chi connectivity index (χ4v) is 3.05. The number of rotatable bonds is 2. The second-order valence-corrected chi connectivity index (χ2v) is 6.14. The van der Waals surface area contributed by atoms with Crippen molar-refractivity contribution in [3.8, 4) is 0 Å². The average molecular weight is 349 g/mol. The summed E-state index contributed by atoms with van der Waals surface area (Å²) in [6.07, 6.45) is 0.123. The molecule has 1 N–H and O–H groups in total. The van der Waals surface area contributed by atoms with E-state index in [4.69, 9.17) is 23.2 Å². The van der Waals surface area contributed by atoms with Gasteiger partial charge in [0.15, 0.2) is 0 Å². The number of carbonyl (C=O) groups is 2.